The van der Waals surface area contributed by atoms with Crippen LogP contribution in [0.4, 0.5) is 0 Å². The fourth-order valence-electron chi connectivity index (χ4n) is 1.41. The summed E-state index contributed by atoms with van der Waals surface area (Å²) in [7, 11) is -3.63. The Morgan fingerprint density at radius 3 is 2.28 bits per heavy atom. The Morgan fingerprint density at radius 1 is 1.11 bits per heavy atom. The minimum Gasteiger partial charge on any atom is -0.481 e. The normalized spacial score (nSPS) is 11.1. The maximum Gasteiger partial charge on any atom is 0.335 e. The smallest absolute Gasteiger partial charge is 0.335 e. The molecule has 0 heterocycles. The van der Waals surface area contributed by atoms with Crippen molar-refractivity contribution in [3.05, 3.63) is 35.4 Å². The van der Waals surface area contributed by atoms with Gasteiger partial charge in [-0.05, 0) is 11.6 Å². The van der Waals surface area contributed by atoms with Crippen LogP contribution in [-0.4, -0.2) is 36.3 Å². The van der Waals surface area contributed by atoms with Gasteiger partial charge in [-0.2, -0.15) is 0 Å². The average molecular weight is 272 g/mol. The van der Waals surface area contributed by atoms with Crippen LogP contribution in [0, 0.1) is 0 Å². The summed E-state index contributed by atoms with van der Waals surface area (Å²) in [5.41, 5.74) is 0.0757. The summed E-state index contributed by atoms with van der Waals surface area (Å²) in [5, 5.41) is 17.3. The van der Waals surface area contributed by atoms with E-state index in [1.807, 2.05) is 0 Å². The summed E-state index contributed by atoms with van der Waals surface area (Å²) >= 11 is 0. The molecule has 0 aliphatic rings. The van der Waals surface area contributed by atoms with Gasteiger partial charge in [-0.3, -0.25) is 4.79 Å². The van der Waals surface area contributed by atoms with Crippen molar-refractivity contribution in [3.63, 3.8) is 0 Å². The summed E-state index contributed by atoms with van der Waals surface area (Å²) in [6.07, 6.45) is -0.489. The lowest BCUT2D eigenvalue weighted by molar-refractivity contribution is -0.136. The third kappa shape index (κ3) is 4.17. The molecule has 18 heavy (non-hydrogen) atoms. The van der Waals surface area contributed by atoms with Gasteiger partial charge in [0.05, 0.1) is 23.5 Å². The van der Waals surface area contributed by atoms with Gasteiger partial charge < -0.3 is 10.2 Å². The van der Waals surface area contributed by atoms with Gasteiger partial charge in [0, 0.05) is 0 Å². The second-order valence-electron chi connectivity index (χ2n) is 3.70. The lowest BCUT2D eigenvalue weighted by atomic mass is 10.1. The Labute approximate surface area is 104 Å². The quantitative estimate of drug-likeness (QED) is 0.791. The van der Waals surface area contributed by atoms with Crippen LogP contribution in [0.1, 0.15) is 22.3 Å². The lowest BCUT2D eigenvalue weighted by Crippen LogP contribution is -2.14. The molecule has 0 atom stereocenters. The van der Waals surface area contributed by atoms with Gasteiger partial charge in [-0.25, -0.2) is 13.2 Å². The van der Waals surface area contributed by atoms with Gasteiger partial charge in [0.15, 0.2) is 9.84 Å². The highest BCUT2D eigenvalue weighted by Crippen LogP contribution is 2.13. The van der Waals surface area contributed by atoms with Crippen molar-refractivity contribution in [1.29, 1.82) is 0 Å². The van der Waals surface area contributed by atoms with Gasteiger partial charge in [0.2, 0.25) is 0 Å². The molecule has 0 saturated heterocycles. The molecule has 6 nitrogen and oxygen atoms in total. The molecule has 0 fully saturated rings. The van der Waals surface area contributed by atoms with Crippen LogP contribution in [-0.2, 0) is 20.4 Å². The van der Waals surface area contributed by atoms with Gasteiger partial charge in [0.1, 0.15) is 0 Å². The first-order valence-corrected chi connectivity index (χ1v) is 6.87. The zero-order chi connectivity index (χ0) is 13.8. The van der Waals surface area contributed by atoms with Crippen LogP contribution in [0.3, 0.4) is 0 Å². The second kappa shape index (κ2) is 5.63. The first-order valence-electron chi connectivity index (χ1n) is 5.05. The number of hydrogen-bond donors (Lipinski definition) is 2. The minimum absolute atomic E-state index is 0.0867. The number of hydrogen-bond acceptors (Lipinski definition) is 4. The summed E-state index contributed by atoms with van der Waals surface area (Å²) in [5.74, 6) is -3.39. The zero-order valence-electron chi connectivity index (χ0n) is 9.37. The Hall–Kier alpha value is -1.89. The van der Waals surface area contributed by atoms with Gasteiger partial charge in [-0.1, -0.05) is 18.2 Å². The van der Waals surface area contributed by atoms with E-state index in [1.54, 1.807) is 0 Å². The molecule has 0 unspecified atom stereocenters. The van der Waals surface area contributed by atoms with E-state index in [4.69, 9.17) is 10.2 Å². The SMILES string of the molecule is O=C(O)CCS(=O)(=O)Cc1ccccc1C(=O)O. The standard InChI is InChI=1S/C11H12O6S/c12-10(13)5-6-18(16,17)7-8-3-1-2-4-9(8)11(14)15/h1-4H,5-7H2,(H,12,13)(H,14,15). The van der Waals surface area contributed by atoms with Crippen molar-refractivity contribution in [3.8, 4) is 0 Å². The third-order valence-corrected chi connectivity index (χ3v) is 3.83. The van der Waals surface area contributed by atoms with E-state index in [1.165, 1.54) is 24.3 Å². The second-order valence-corrected chi connectivity index (χ2v) is 5.88. The highest BCUT2D eigenvalue weighted by molar-refractivity contribution is 7.90. The van der Waals surface area contributed by atoms with Gasteiger partial charge in [0.25, 0.3) is 0 Å². The minimum atomic E-state index is -3.63. The first-order chi connectivity index (χ1) is 8.32. The molecule has 0 aromatic heterocycles. The number of aromatic carboxylic acids is 1. The van der Waals surface area contributed by atoms with Crippen molar-refractivity contribution in [1.82, 2.24) is 0 Å². The van der Waals surface area contributed by atoms with Crippen molar-refractivity contribution in [2.24, 2.45) is 0 Å². The maximum atomic E-state index is 11.6. The molecular weight excluding hydrogens is 260 g/mol. The Kier molecular flexibility index (Phi) is 4.43. The third-order valence-electron chi connectivity index (χ3n) is 2.25. The molecule has 1 rings (SSSR count). The fraction of sp³-hybridized carbons (Fsp3) is 0.273. The van der Waals surface area contributed by atoms with Gasteiger partial charge >= 0.3 is 11.9 Å². The molecule has 0 spiro atoms. The van der Waals surface area contributed by atoms with E-state index >= 15 is 0 Å². The van der Waals surface area contributed by atoms with Crippen LogP contribution in [0.25, 0.3) is 0 Å². The lowest BCUT2D eigenvalue weighted by Gasteiger charge is -2.06. The Bertz CT molecular complexity index is 561. The van der Waals surface area contributed by atoms with Gasteiger partial charge in [-0.15, -0.1) is 0 Å². The zero-order valence-corrected chi connectivity index (χ0v) is 10.2. The van der Waals surface area contributed by atoms with Crippen molar-refractivity contribution >= 4 is 21.8 Å². The number of sulfone groups is 1. The molecule has 0 aliphatic carbocycles. The average Bonchev–Trinajstić information content (AvgIpc) is 2.26. The van der Waals surface area contributed by atoms with Crippen molar-refractivity contribution in [2.45, 2.75) is 12.2 Å². The van der Waals surface area contributed by atoms with E-state index in [0.717, 1.165) is 0 Å². The highest BCUT2D eigenvalue weighted by atomic mass is 32.2. The molecule has 0 bridgehead atoms. The molecule has 7 heteroatoms. The number of benzene rings is 1. The number of rotatable bonds is 6. The van der Waals surface area contributed by atoms with E-state index < -0.39 is 39.7 Å². The van der Waals surface area contributed by atoms with Crippen molar-refractivity contribution < 1.29 is 28.2 Å². The molecule has 0 radical (unpaired) electrons. The fourth-order valence-corrected chi connectivity index (χ4v) is 2.76. The molecular formula is C11H12O6S. The van der Waals surface area contributed by atoms with Crippen LogP contribution in [0.15, 0.2) is 24.3 Å². The van der Waals surface area contributed by atoms with Crippen LogP contribution < -0.4 is 0 Å². The first kappa shape index (κ1) is 14.2. The molecule has 1 aromatic carbocycles. The predicted molar refractivity (Wildman–Crippen MR) is 63.1 cm³/mol. The van der Waals surface area contributed by atoms with Crippen molar-refractivity contribution in [2.75, 3.05) is 5.75 Å². The number of aliphatic carboxylic acids is 1. The summed E-state index contributed by atoms with van der Waals surface area (Å²) in [6, 6.07) is 5.75. The monoisotopic (exact) mass is 272 g/mol. The van der Waals surface area contributed by atoms with Crippen LogP contribution in [0.5, 0.6) is 0 Å². The molecule has 98 valence electrons. The number of carboxylic acid groups (broad SMARTS) is 2. The van der Waals surface area contributed by atoms with Crippen LogP contribution >= 0.6 is 0 Å². The largest absolute Gasteiger partial charge is 0.481 e. The topological polar surface area (TPSA) is 109 Å². The van der Waals surface area contributed by atoms with E-state index in [-0.39, 0.29) is 11.1 Å². The molecule has 2 N–H and O–H groups in total. The summed E-state index contributed by atoms with van der Waals surface area (Å²) in [6.45, 7) is 0. The molecule has 0 amide bonds. The van der Waals surface area contributed by atoms with E-state index in [2.05, 4.69) is 0 Å². The number of carbonyl (C=O) groups is 2. The Morgan fingerprint density at radius 2 is 1.72 bits per heavy atom. The maximum absolute atomic E-state index is 11.6. The van der Waals surface area contributed by atoms with E-state index in [0.29, 0.717) is 0 Å². The molecule has 0 aliphatic heterocycles. The van der Waals surface area contributed by atoms with Crippen LogP contribution in [0.2, 0.25) is 0 Å². The molecule has 0 saturated carbocycles. The van der Waals surface area contributed by atoms with E-state index in [9.17, 15) is 18.0 Å². The predicted octanol–water partition coefficient (Wildman–Crippen LogP) is 0.774. The number of carboxylic acids is 2. The summed E-state index contributed by atoms with van der Waals surface area (Å²) < 4.78 is 23.2. The Balaban J connectivity index is 2.90. The molecule has 1 aromatic rings. The highest BCUT2D eigenvalue weighted by Gasteiger charge is 2.18. The summed E-state index contributed by atoms with van der Waals surface area (Å²) in [4.78, 5) is 21.2.